The molecule has 0 unspecified atom stereocenters. The quantitative estimate of drug-likeness (QED) is 0.242. The van der Waals surface area contributed by atoms with Crippen molar-refractivity contribution >= 4 is 62.3 Å². The zero-order chi connectivity index (χ0) is 30.4. The van der Waals surface area contributed by atoms with Gasteiger partial charge in [0.25, 0.3) is 10.0 Å². The number of hydrogen-bond donors (Lipinski definition) is 1. The van der Waals surface area contributed by atoms with Crippen LogP contribution in [0, 0.1) is 6.92 Å². The van der Waals surface area contributed by atoms with Crippen LogP contribution in [0.1, 0.15) is 50.2 Å². The van der Waals surface area contributed by atoms with Crippen LogP contribution in [0.25, 0.3) is 0 Å². The second kappa shape index (κ2) is 14.1. The predicted octanol–water partition coefficient (Wildman–Crippen LogP) is 7.02. The van der Waals surface area contributed by atoms with Gasteiger partial charge in [0.05, 0.1) is 10.6 Å². The number of rotatable bonds is 11. The van der Waals surface area contributed by atoms with Crippen molar-refractivity contribution in [1.29, 1.82) is 0 Å². The van der Waals surface area contributed by atoms with E-state index in [1.807, 2.05) is 6.92 Å². The summed E-state index contributed by atoms with van der Waals surface area (Å²) in [5.74, 6) is -0.882. The summed E-state index contributed by atoms with van der Waals surface area (Å²) in [7, 11) is -4.20. The van der Waals surface area contributed by atoms with Crippen molar-refractivity contribution in [3.05, 3.63) is 92.9 Å². The number of aryl methyl sites for hydroxylation is 1. The lowest BCUT2D eigenvalue weighted by Crippen LogP contribution is -2.53. The van der Waals surface area contributed by atoms with Gasteiger partial charge in [-0.15, -0.1) is 0 Å². The Hall–Kier alpha value is -2.78. The van der Waals surface area contributed by atoms with Gasteiger partial charge in [0.15, 0.2) is 0 Å². The summed E-state index contributed by atoms with van der Waals surface area (Å²) in [6.45, 7) is 2.95. The number of halogens is 3. The lowest BCUT2D eigenvalue weighted by atomic mass is 10.1. The summed E-state index contributed by atoms with van der Waals surface area (Å²) in [6.07, 6.45) is 4.12. The maximum absolute atomic E-state index is 14.2. The van der Waals surface area contributed by atoms with Gasteiger partial charge in [0.2, 0.25) is 11.8 Å². The highest BCUT2D eigenvalue weighted by molar-refractivity contribution is 7.92. The lowest BCUT2D eigenvalue weighted by molar-refractivity contribution is -0.140. The van der Waals surface area contributed by atoms with Crippen molar-refractivity contribution in [2.75, 3.05) is 10.8 Å². The van der Waals surface area contributed by atoms with Gasteiger partial charge in [0, 0.05) is 33.2 Å². The minimum absolute atomic E-state index is 0.0150. The van der Waals surface area contributed by atoms with E-state index in [0.29, 0.717) is 27.1 Å². The van der Waals surface area contributed by atoms with Crippen LogP contribution in [0.15, 0.2) is 71.6 Å². The Balaban J connectivity index is 1.76. The van der Waals surface area contributed by atoms with Crippen LogP contribution in [0.2, 0.25) is 15.1 Å². The summed E-state index contributed by atoms with van der Waals surface area (Å²) in [4.78, 5) is 29.2. The van der Waals surface area contributed by atoms with Crippen molar-refractivity contribution in [2.45, 2.75) is 69.5 Å². The highest BCUT2D eigenvalue weighted by Crippen LogP contribution is 2.30. The molecule has 0 spiro atoms. The largest absolute Gasteiger partial charge is 0.352 e. The average molecular weight is 651 g/mol. The first-order chi connectivity index (χ1) is 20.0. The normalized spacial score (nSPS) is 14.4. The Labute approximate surface area is 262 Å². The minimum atomic E-state index is -4.20. The number of carbonyl (C=O) groups excluding carboxylic acids is 2. The van der Waals surface area contributed by atoms with E-state index in [2.05, 4.69) is 5.32 Å². The van der Waals surface area contributed by atoms with E-state index in [1.54, 1.807) is 55.5 Å². The SMILES string of the molecule is CC[C@@H](C(=O)NC1CCCC1)N(Cc1c(Cl)cccc1Cl)C(=O)CN(c1ccc(C)c(Cl)c1)S(=O)(=O)c1ccccc1. The number of sulfonamides is 1. The Bertz CT molecular complexity index is 1510. The molecule has 1 N–H and O–H groups in total. The lowest BCUT2D eigenvalue weighted by Gasteiger charge is -2.34. The Morgan fingerprint density at radius 3 is 2.17 bits per heavy atom. The van der Waals surface area contributed by atoms with Crippen molar-refractivity contribution in [2.24, 2.45) is 0 Å². The monoisotopic (exact) mass is 649 g/mol. The molecular weight excluding hydrogens is 617 g/mol. The van der Waals surface area contributed by atoms with E-state index in [4.69, 9.17) is 34.8 Å². The van der Waals surface area contributed by atoms with Crippen LogP contribution >= 0.6 is 34.8 Å². The summed E-state index contributed by atoms with van der Waals surface area (Å²) in [5, 5.41) is 4.12. The molecule has 2 amide bonds. The highest BCUT2D eigenvalue weighted by atomic mass is 35.5. The molecule has 1 aliphatic rings. The molecule has 1 saturated carbocycles. The Morgan fingerprint density at radius 2 is 1.57 bits per heavy atom. The predicted molar refractivity (Wildman–Crippen MR) is 169 cm³/mol. The molecule has 0 aromatic heterocycles. The fourth-order valence-corrected chi connectivity index (χ4v) is 7.24. The number of benzene rings is 3. The van der Waals surface area contributed by atoms with E-state index in [1.165, 1.54) is 23.1 Å². The number of amides is 2. The topological polar surface area (TPSA) is 86.8 Å². The van der Waals surface area contributed by atoms with Gasteiger partial charge >= 0.3 is 0 Å². The molecule has 224 valence electrons. The van der Waals surface area contributed by atoms with Gasteiger partial charge in [-0.3, -0.25) is 13.9 Å². The molecular formula is C31H34Cl3N3O4S. The molecule has 3 aromatic rings. The minimum Gasteiger partial charge on any atom is -0.352 e. The number of nitrogens with one attached hydrogen (secondary N) is 1. The number of anilines is 1. The van der Waals surface area contributed by atoms with Crippen molar-refractivity contribution in [3.63, 3.8) is 0 Å². The second-order valence-electron chi connectivity index (χ2n) is 10.4. The second-order valence-corrected chi connectivity index (χ2v) is 13.5. The number of hydrogen-bond acceptors (Lipinski definition) is 4. The number of carbonyl (C=O) groups is 2. The molecule has 0 radical (unpaired) electrons. The molecule has 7 nitrogen and oxygen atoms in total. The smallest absolute Gasteiger partial charge is 0.264 e. The Morgan fingerprint density at radius 1 is 0.929 bits per heavy atom. The van der Waals surface area contributed by atoms with Crippen molar-refractivity contribution < 1.29 is 18.0 Å². The first-order valence-electron chi connectivity index (χ1n) is 13.9. The molecule has 0 bridgehead atoms. The highest BCUT2D eigenvalue weighted by Gasteiger charge is 2.35. The third-order valence-corrected chi connectivity index (χ3v) is 10.4. The van der Waals surface area contributed by atoms with Crippen molar-refractivity contribution in [1.82, 2.24) is 10.2 Å². The third-order valence-electron chi connectivity index (χ3n) is 7.53. The molecule has 1 aliphatic carbocycles. The molecule has 1 atom stereocenters. The van der Waals surface area contributed by atoms with Gasteiger partial charge in [-0.2, -0.15) is 0 Å². The molecule has 4 rings (SSSR count). The van der Waals surface area contributed by atoms with Gasteiger partial charge < -0.3 is 10.2 Å². The van der Waals surface area contributed by atoms with E-state index in [0.717, 1.165) is 35.6 Å². The van der Waals surface area contributed by atoms with Crippen LogP contribution in [0.4, 0.5) is 5.69 Å². The standard InChI is InChI=1S/C31H34Cl3N3O4S/c1-3-29(31(39)35-22-10-7-8-11-22)36(19-25-26(32)14-9-15-27(25)33)30(38)20-37(23-17-16-21(2)28(34)18-23)42(40,41)24-12-5-4-6-13-24/h4-6,9,12-18,22,29H,3,7-8,10-11,19-20H2,1-2H3,(H,35,39)/t29-/m0/s1. The van der Waals surface area contributed by atoms with Crippen LogP contribution in [0.5, 0.6) is 0 Å². The van der Waals surface area contributed by atoms with Gasteiger partial charge in [-0.05, 0) is 68.1 Å². The van der Waals surface area contributed by atoms with Crippen molar-refractivity contribution in [3.8, 4) is 0 Å². The zero-order valence-electron chi connectivity index (χ0n) is 23.5. The molecule has 0 aliphatic heterocycles. The molecule has 0 saturated heterocycles. The summed E-state index contributed by atoms with van der Waals surface area (Å²) in [6, 6.07) is 16.9. The summed E-state index contributed by atoms with van der Waals surface area (Å²) in [5.41, 5.74) is 1.45. The van der Waals surface area contributed by atoms with Gasteiger partial charge in [-0.1, -0.05) is 84.9 Å². The fourth-order valence-electron chi connectivity index (χ4n) is 5.13. The molecule has 42 heavy (non-hydrogen) atoms. The zero-order valence-corrected chi connectivity index (χ0v) is 26.6. The third kappa shape index (κ3) is 7.40. The van der Waals surface area contributed by atoms with E-state index < -0.39 is 28.5 Å². The Kier molecular flexibility index (Phi) is 10.8. The first-order valence-corrected chi connectivity index (χ1v) is 16.5. The fraction of sp³-hybridized carbons (Fsp3) is 0.355. The first kappa shape index (κ1) is 32.1. The molecule has 0 heterocycles. The van der Waals surface area contributed by atoms with Crippen LogP contribution < -0.4 is 9.62 Å². The van der Waals surface area contributed by atoms with E-state index >= 15 is 0 Å². The maximum atomic E-state index is 14.2. The van der Waals surface area contributed by atoms with Crippen LogP contribution in [0.3, 0.4) is 0 Å². The van der Waals surface area contributed by atoms with Gasteiger partial charge in [-0.25, -0.2) is 8.42 Å². The van der Waals surface area contributed by atoms with Gasteiger partial charge in [0.1, 0.15) is 12.6 Å². The molecule has 3 aromatic carbocycles. The summed E-state index contributed by atoms with van der Waals surface area (Å²) >= 11 is 19.4. The van der Waals surface area contributed by atoms with Crippen LogP contribution in [-0.4, -0.2) is 43.8 Å². The average Bonchev–Trinajstić information content (AvgIpc) is 3.48. The molecule has 1 fully saturated rings. The summed E-state index contributed by atoms with van der Waals surface area (Å²) < 4.78 is 28.9. The number of nitrogens with zero attached hydrogens (tertiary/aromatic N) is 2. The van der Waals surface area contributed by atoms with Crippen LogP contribution in [-0.2, 0) is 26.2 Å². The van der Waals surface area contributed by atoms with E-state index in [-0.39, 0.29) is 29.1 Å². The maximum Gasteiger partial charge on any atom is 0.264 e. The van der Waals surface area contributed by atoms with E-state index in [9.17, 15) is 18.0 Å². The molecule has 11 heteroatoms.